The fraction of sp³-hybridized carbons (Fsp3) is 0.261. The highest BCUT2D eigenvalue weighted by Gasteiger charge is 2.19. The van der Waals surface area contributed by atoms with Gasteiger partial charge in [0.2, 0.25) is 0 Å². The first kappa shape index (κ1) is 23.5. The van der Waals surface area contributed by atoms with E-state index in [2.05, 4.69) is 13.2 Å². The molecule has 0 atom stereocenters. The second kappa shape index (κ2) is 10.8. The van der Waals surface area contributed by atoms with Crippen molar-refractivity contribution < 1.29 is 38.4 Å². The molecule has 0 saturated carbocycles. The van der Waals surface area contributed by atoms with Gasteiger partial charge in [-0.05, 0) is 19.9 Å². The van der Waals surface area contributed by atoms with Crippen molar-refractivity contribution in [1.82, 2.24) is 0 Å². The molecule has 8 nitrogen and oxygen atoms in total. The summed E-state index contributed by atoms with van der Waals surface area (Å²) in [6.07, 6.45) is 0. The zero-order valence-corrected chi connectivity index (χ0v) is 17.4. The van der Waals surface area contributed by atoms with E-state index in [9.17, 15) is 19.5 Å². The third kappa shape index (κ3) is 6.33. The molecule has 164 valence electrons. The van der Waals surface area contributed by atoms with Gasteiger partial charge >= 0.3 is 17.9 Å². The maximum absolute atomic E-state index is 11.8. The molecule has 0 unspecified atom stereocenters. The number of carbonyl (C=O) groups excluding carboxylic acids is 2. The molecule has 0 aliphatic rings. The lowest BCUT2D eigenvalue weighted by atomic mass is 10.0. The zero-order chi connectivity index (χ0) is 23.0. The number of carbonyl (C=O) groups is 3. The van der Waals surface area contributed by atoms with Gasteiger partial charge in [-0.2, -0.15) is 0 Å². The Morgan fingerprint density at radius 3 is 1.87 bits per heavy atom. The van der Waals surface area contributed by atoms with Crippen LogP contribution in [0.25, 0.3) is 10.8 Å². The summed E-state index contributed by atoms with van der Waals surface area (Å²) in [6.45, 7) is 9.95. The molecule has 0 fully saturated rings. The van der Waals surface area contributed by atoms with Gasteiger partial charge in [0, 0.05) is 21.9 Å². The lowest BCUT2D eigenvalue weighted by molar-refractivity contribution is -0.140. The molecule has 0 saturated heterocycles. The van der Waals surface area contributed by atoms with Crippen LogP contribution in [0.5, 0.6) is 11.5 Å². The average molecular weight is 428 g/mol. The molecule has 0 aliphatic carbocycles. The van der Waals surface area contributed by atoms with Crippen LogP contribution in [0, 0.1) is 0 Å². The van der Waals surface area contributed by atoms with E-state index in [0.717, 1.165) is 0 Å². The Bertz CT molecular complexity index is 1020. The number of ether oxygens (including phenoxy) is 4. The lowest BCUT2D eigenvalue weighted by Crippen LogP contribution is -2.15. The lowest BCUT2D eigenvalue weighted by Gasteiger charge is -2.16. The molecule has 8 heteroatoms. The predicted molar refractivity (Wildman–Crippen MR) is 113 cm³/mol. The van der Waals surface area contributed by atoms with E-state index in [1.165, 1.54) is 19.9 Å². The van der Waals surface area contributed by atoms with E-state index in [0.29, 0.717) is 16.5 Å². The number of fused-ring (bicyclic) bond motifs is 1. The van der Waals surface area contributed by atoms with Crippen molar-refractivity contribution in [2.45, 2.75) is 13.8 Å². The largest absolute Gasteiger partial charge is 0.489 e. The third-order valence-electron chi connectivity index (χ3n) is 4.02. The normalized spacial score (nSPS) is 10.3. The van der Waals surface area contributed by atoms with Gasteiger partial charge in [0.15, 0.2) is 0 Å². The zero-order valence-electron chi connectivity index (χ0n) is 17.4. The van der Waals surface area contributed by atoms with Gasteiger partial charge in [-0.3, -0.25) is 0 Å². The summed E-state index contributed by atoms with van der Waals surface area (Å²) in [4.78, 5) is 34.7. The minimum Gasteiger partial charge on any atom is -0.489 e. The van der Waals surface area contributed by atoms with Crippen LogP contribution in [0.2, 0.25) is 0 Å². The summed E-state index contributed by atoms with van der Waals surface area (Å²) in [5.41, 5.74) is 0.417. The maximum Gasteiger partial charge on any atom is 0.339 e. The number of rotatable bonds is 11. The molecule has 2 rings (SSSR count). The minimum absolute atomic E-state index is 0.0191. The summed E-state index contributed by atoms with van der Waals surface area (Å²) in [5, 5.41) is 10.8. The first-order valence-corrected chi connectivity index (χ1v) is 9.42. The molecule has 0 radical (unpaired) electrons. The smallest absolute Gasteiger partial charge is 0.339 e. The van der Waals surface area contributed by atoms with Crippen LogP contribution in [-0.2, 0) is 19.1 Å². The molecular weight excluding hydrogens is 404 g/mol. The van der Waals surface area contributed by atoms with Crippen molar-refractivity contribution in [3.63, 3.8) is 0 Å². The van der Waals surface area contributed by atoms with Crippen LogP contribution in [0.15, 0.2) is 54.6 Å². The molecule has 0 aliphatic heterocycles. The van der Waals surface area contributed by atoms with Gasteiger partial charge in [-0.1, -0.05) is 37.4 Å². The molecule has 0 aromatic heterocycles. The Morgan fingerprint density at radius 1 is 0.839 bits per heavy atom. The number of hydrogen-bond donors (Lipinski definition) is 1. The Kier molecular flexibility index (Phi) is 8.19. The molecule has 0 amide bonds. The number of benzene rings is 2. The second-order valence-corrected chi connectivity index (χ2v) is 6.63. The van der Waals surface area contributed by atoms with E-state index < -0.39 is 17.9 Å². The predicted octanol–water partition coefficient (Wildman–Crippen LogP) is 3.53. The highest BCUT2D eigenvalue weighted by Crippen LogP contribution is 2.37. The number of esters is 2. The molecule has 2 aromatic rings. The molecule has 0 bridgehead atoms. The minimum atomic E-state index is -1.21. The average Bonchev–Trinajstić information content (AvgIpc) is 2.73. The maximum atomic E-state index is 11.8. The fourth-order valence-corrected chi connectivity index (χ4v) is 2.56. The van der Waals surface area contributed by atoms with Crippen LogP contribution in [0.1, 0.15) is 24.2 Å². The molecule has 1 N–H and O–H groups in total. The SMILES string of the molecule is C=C(C)C(=O)OCCOc1cc(C(=O)O)c(OCCOC(=O)C(=C)C)c2ccccc12. The van der Waals surface area contributed by atoms with E-state index in [1.807, 2.05) is 0 Å². The van der Waals surface area contributed by atoms with Crippen LogP contribution in [-0.4, -0.2) is 49.4 Å². The third-order valence-corrected chi connectivity index (χ3v) is 4.02. The fourth-order valence-electron chi connectivity index (χ4n) is 2.56. The van der Waals surface area contributed by atoms with E-state index in [-0.39, 0.29) is 48.9 Å². The van der Waals surface area contributed by atoms with Crippen molar-refractivity contribution >= 4 is 28.7 Å². The van der Waals surface area contributed by atoms with Crippen molar-refractivity contribution in [2.75, 3.05) is 26.4 Å². The van der Waals surface area contributed by atoms with Crippen LogP contribution >= 0.6 is 0 Å². The second-order valence-electron chi connectivity index (χ2n) is 6.63. The van der Waals surface area contributed by atoms with E-state index in [4.69, 9.17) is 18.9 Å². The van der Waals surface area contributed by atoms with Crippen molar-refractivity contribution in [1.29, 1.82) is 0 Å². The summed E-state index contributed by atoms with van der Waals surface area (Å²) < 4.78 is 21.3. The van der Waals surface area contributed by atoms with Gasteiger partial charge in [-0.15, -0.1) is 0 Å². The van der Waals surface area contributed by atoms with Crippen molar-refractivity contribution in [3.05, 3.63) is 60.2 Å². The Morgan fingerprint density at radius 2 is 1.35 bits per heavy atom. The number of hydrogen-bond acceptors (Lipinski definition) is 7. The van der Waals surface area contributed by atoms with Crippen LogP contribution < -0.4 is 9.47 Å². The molecule has 0 spiro atoms. The van der Waals surface area contributed by atoms with E-state index >= 15 is 0 Å². The quantitative estimate of drug-likeness (QED) is 0.329. The van der Waals surface area contributed by atoms with Crippen molar-refractivity contribution in [3.8, 4) is 11.5 Å². The van der Waals surface area contributed by atoms with Gasteiger partial charge < -0.3 is 24.1 Å². The number of aromatic carboxylic acids is 1. The van der Waals surface area contributed by atoms with Gasteiger partial charge in [-0.25, -0.2) is 14.4 Å². The van der Waals surface area contributed by atoms with Gasteiger partial charge in [0.1, 0.15) is 43.5 Å². The summed E-state index contributed by atoms with van der Waals surface area (Å²) in [6, 6.07) is 8.31. The van der Waals surface area contributed by atoms with Gasteiger partial charge in [0.25, 0.3) is 0 Å². The molecule has 0 heterocycles. The summed E-state index contributed by atoms with van der Waals surface area (Å²) >= 11 is 0. The highest BCUT2D eigenvalue weighted by molar-refractivity contribution is 6.03. The van der Waals surface area contributed by atoms with Crippen LogP contribution in [0.3, 0.4) is 0 Å². The Labute approximate surface area is 179 Å². The van der Waals surface area contributed by atoms with E-state index in [1.54, 1.807) is 24.3 Å². The summed E-state index contributed by atoms with van der Waals surface area (Å²) in [7, 11) is 0. The topological polar surface area (TPSA) is 108 Å². The standard InChI is InChI=1S/C23H24O8/c1-14(2)22(26)30-11-9-28-19-13-18(21(24)25)20(17-8-6-5-7-16(17)19)29-10-12-31-23(27)15(3)4/h5-8,13H,1,3,9-12H2,2,4H3,(H,24,25). The molecular formula is C23H24O8. The highest BCUT2D eigenvalue weighted by atomic mass is 16.6. The van der Waals surface area contributed by atoms with Crippen LogP contribution in [0.4, 0.5) is 0 Å². The Balaban J connectivity index is 2.21. The molecule has 31 heavy (non-hydrogen) atoms. The summed E-state index contributed by atoms with van der Waals surface area (Å²) in [5.74, 6) is -1.85. The van der Waals surface area contributed by atoms with Crippen molar-refractivity contribution in [2.24, 2.45) is 0 Å². The first-order valence-electron chi connectivity index (χ1n) is 9.42. The van der Waals surface area contributed by atoms with Gasteiger partial charge in [0.05, 0.1) is 0 Å². The Hall–Kier alpha value is -3.81. The molecule has 2 aromatic carbocycles. The first-order chi connectivity index (χ1) is 14.7. The number of carboxylic acids is 1. The monoisotopic (exact) mass is 428 g/mol. The number of carboxylic acid groups (broad SMARTS) is 1.